The van der Waals surface area contributed by atoms with E-state index in [0.29, 0.717) is 6.42 Å². The van der Waals surface area contributed by atoms with E-state index in [1.165, 1.54) is 12.1 Å². The lowest BCUT2D eigenvalue weighted by Gasteiger charge is -2.22. The third kappa shape index (κ3) is 2.89. The molecule has 1 unspecified atom stereocenters. The average Bonchev–Trinajstić information content (AvgIpc) is 2.33. The van der Waals surface area contributed by atoms with E-state index >= 15 is 0 Å². The predicted molar refractivity (Wildman–Crippen MR) is 60.8 cm³/mol. The van der Waals surface area contributed by atoms with Crippen molar-refractivity contribution in [1.82, 2.24) is 5.32 Å². The molecule has 1 aliphatic heterocycles. The summed E-state index contributed by atoms with van der Waals surface area (Å²) in [5, 5.41) is 3.23. The van der Waals surface area contributed by atoms with Gasteiger partial charge in [0.2, 0.25) is 0 Å². The summed E-state index contributed by atoms with van der Waals surface area (Å²) in [5.74, 6) is -0.0432. The molecule has 1 heterocycles. The maximum Gasteiger partial charge on any atom is 0.154 e. The minimum atomic E-state index is -0.257. The first-order valence-corrected chi connectivity index (χ1v) is 5.76. The molecule has 0 spiro atoms. The third-order valence-corrected chi connectivity index (χ3v) is 2.99. The summed E-state index contributed by atoms with van der Waals surface area (Å²) in [6.45, 7) is 0.930. The fourth-order valence-electron chi connectivity index (χ4n) is 2.05. The topological polar surface area (TPSA) is 29.1 Å². The Kier molecular flexibility index (Phi) is 3.67. The molecule has 0 amide bonds. The maximum atomic E-state index is 12.7. The van der Waals surface area contributed by atoms with Gasteiger partial charge in [-0.05, 0) is 37.1 Å². The Hall–Kier alpha value is -1.22. The molecule has 2 rings (SSSR count). The molecule has 3 heteroatoms. The Morgan fingerprint density at radius 1 is 1.31 bits per heavy atom. The van der Waals surface area contributed by atoms with Gasteiger partial charge < -0.3 is 5.32 Å². The van der Waals surface area contributed by atoms with E-state index < -0.39 is 0 Å². The van der Waals surface area contributed by atoms with Crippen LogP contribution in [0.25, 0.3) is 0 Å². The van der Waals surface area contributed by atoms with Crippen LogP contribution < -0.4 is 5.32 Å². The smallest absolute Gasteiger partial charge is 0.154 e. The van der Waals surface area contributed by atoms with Gasteiger partial charge >= 0.3 is 0 Å². The first-order valence-electron chi connectivity index (χ1n) is 5.76. The van der Waals surface area contributed by atoms with Crippen molar-refractivity contribution in [3.63, 3.8) is 0 Å². The van der Waals surface area contributed by atoms with Gasteiger partial charge in [-0.3, -0.25) is 4.79 Å². The van der Waals surface area contributed by atoms with Crippen LogP contribution >= 0.6 is 0 Å². The van der Waals surface area contributed by atoms with Crippen molar-refractivity contribution < 1.29 is 9.18 Å². The highest BCUT2D eigenvalue weighted by Gasteiger charge is 2.20. The second-order valence-electron chi connectivity index (χ2n) is 4.27. The molecule has 86 valence electrons. The highest BCUT2D eigenvalue weighted by molar-refractivity contribution is 5.86. The number of Topliss-reactive ketones (excluding diaryl/α,β-unsaturated/α-hetero) is 1. The van der Waals surface area contributed by atoms with Crippen LogP contribution in [0.2, 0.25) is 0 Å². The molecule has 0 aromatic heterocycles. The number of ketones is 1. The molecular formula is C13H16FNO. The second-order valence-corrected chi connectivity index (χ2v) is 4.27. The van der Waals surface area contributed by atoms with Gasteiger partial charge in [0.1, 0.15) is 5.82 Å². The molecule has 1 aliphatic rings. The van der Waals surface area contributed by atoms with Crippen molar-refractivity contribution in [3.8, 4) is 0 Å². The molecule has 1 N–H and O–H groups in total. The van der Waals surface area contributed by atoms with Gasteiger partial charge in [-0.25, -0.2) is 4.39 Å². The van der Waals surface area contributed by atoms with Crippen molar-refractivity contribution in [2.75, 3.05) is 6.54 Å². The van der Waals surface area contributed by atoms with Gasteiger partial charge in [0.25, 0.3) is 0 Å². The number of nitrogens with one attached hydrogen (secondary N) is 1. The van der Waals surface area contributed by atoms with Crippen molar-refractivity contribution in [2.24, 2.45) is 0 Å². The zero-order valence-corrected chi connectivity index (χ0v) is 9.21. The van der Waals surface area contributed by atoms with Crippen molar-refractivity contribution >= 4 is 5.78 Å². The van der Waals surface area contributed by atoms with E-state index in [9.17, 15) is 9.18 Å². The summed E-state index contributed by atoms with van der Waals surface area (Å²) >= 11 is 0. The summed E-state index contributed by atoms with van der Waals surface area (Å²) < 4.78 is 12.7. The van der Waals surface area contributed by atoms with Crippen molar-refractivity contribution in [1.29, 1.82) is 0 Å². The summed E-state index contributed by atoms with van der Waals surface area (Å²) in [7, 11) is 0. The number of carbonyl (C=O) groups is 1. The largest absolute Gasteiger partial charge is 0.307 e. The SMILES string of the molecule is O=C(Cc1ccc(F)cc1)C1CCCCN1. The lowest BCUT2D eigenvalue weighted by molar-refractivity contribution is -0.120. The van der Waals surface area contributed by atoms with Gasteiger partial charge in [-0.1, -0.05) is 18.6 Å². The lowest BCUT2D eigenvalue weighted by Crippen LogP contribution is -2.41. The number of hydrogen-bond donors (Lipinski definition) is 1. The Morgan fingerprint density at radius 3 is 2.69 bits per heavy atom. The summed E-state index contributed by atoms with van der Waals surface area (Å²) in [6, 6.07) is 6.15. The molecule has 0 saturated carbocycles. The summed E-state index contributed by atoms with van der Waals surface area (Å²) in [4.78, 5) is 11.9. The number of hydrogen-bond acceptors (Lipinski definition) is 2. The van der Waals surface area contributed by atoms with E-state index in [-0.39, 0.29) is 17.6 Å². The van der Waals surface area contributed by atoms with E-state index in [1.54, 1.807) is 12.1 Å². The first-order chi connectivity index (χ1) is 7.75. The van der Waals surface area contributed by atoms with Crippen molar-refractivity contribution in [3.05, 3.63) is 35.6 Å². The van der Waals surface area contributed by atoms with Crippen LogP contribution in [0.1, 0.15) is 24.8 Å². The van der Waals surface area contributed by atoms with Crippen LogP contribution in [0, 0.1) is 5.82 Å². The van der Waals surface area contributed by atoms with Gasteiger partial charge in [-0.15, -0.1) is 0 Å². The molecule has 0 bridgehead atoms. The fraction of sp³-hybridized carbons (Fsp3) is 0.462. The molecule has 1 aromatic rings. The third-order valence-electron chi connectivity index (χ3n) is 2.99. The zero-order chi connectivity index (χ0) is 11.4. The molecule has 1 atom stereocenters. The van der Waals surface area contributed by atoms with E-state index in [2.05, 4.69) is 5.32 Å². The normalized spacial score (nSPS) is 20.7. The minimum absolute atomic E-state index is 0.00111. The average molecular weight is 221 g/mol. The molecule has 1 fully saturated rings. The summed E-state index contributed by atoms with van der Waals surface area (Å²) in [6.07, 6.45) is 3.60. The van der Waals surface area contributed by atoms with Gasteiger partial charge in [0.15, 0.2) is 5.78 Å². The van der Waals surface area contributed by atoms with Crippen LogP contribution in [0.4, 0.5) is 4.39 Å². The van der Waals surface area contributed by atoms with E-state index in [0.717, 1.165) is 31.4 Å². The lowest BCUT2D eigenvalue weighted by atomic mass is 9.97. The van der Waals surface area contributed by atoms with Gasteiger partial charge in [0.05, 0.1) is 6.04 Å². The number of benzene rings is 1. The van der Waals surface area contributed by atoms with Crippen LogP contribution in [0.3, 0.4) is 0 Å². The van der Waals surface area contributed by atoms with E-state index in [4.69, 9.17) is 0 Å². The maximum absolute atomic E-state index is 12.7. The quantitative estimate of drug-likeness (QED) is 0.846. The fourth-order valence-corrected chi connectivity index (χ4v) is 2.05. The number of halogens is 1. The Labute approximate surface area is 94.9 Å². The number of carbonyl (C=O) groups excluding carboxylic acids is 1. The second kappa shape index (κ2) is 5.21. The van der Waals surface area contributed by atoms with Crippen molar-refractivity contribution in [2.45, 2.75) is 31.7 Å². The Balaban J connectivity index is 1.93. The van der Waals surface area contributed by atoms with E-state index in [1.807, 2.05) is 0 Å². The Morgan fingerprint density at radius 2 is 2.06 bits per heavy atom. The molecule has 0 radical (unpaired) electrons. The van der Waals surface area contributed by atoms with Gasteiger partial charge in [-0.2, -0.15) is 0 Å². The number of rotatable bonds is 3. The zero-order valence-electron chi connectivity index (χ0n) is 9.21. The monoisotopic (exact) mass is 221 g/mol. The van der Waals surface area contributed by atoms with Crippen LogP contribution in [-0.2, 0) is 11.2 Å². The number of piperidine rings is 1. The van der Waals surface area contributed by atoms with Crippen LogP contribution in [0.15, 0.2) is 24.3 Å². The van der Waals surface area contributed by atoms with Crippen LogP contribution in [-0.4, -0.2) is 18.4 Å². The standard InChI is InChI=1S/C13H16FNO/c14-11-6-4-10(5-7-11)9-13(16)12-3-1-2-8-15-12/h4-7,12,15H,1-3,8-9H2. The highest BCUT2D eigenvalue weighted by Crippen LogP contribution is 2.11. The predicted octanol–water partition coefficient (Wildman–Crippen LogP) is 2.08. The van der Waals surface area contributed by atoms with Gasteiger partial charge in [0, 0.05) is 6.42 Å². The summed E-state index contributed by atoms with van der Waals surface area (Å²) in [5.41, 5.74) is 0.888. The van der Waals surface area contributed by atoms with Crippen LogP contribution in [0.5, 0.6) is 0 Å². The molecule has 16 heavy (non-hydrogen) atoms. The molecular weight excluding hydrogens is 205 g/mol. The highest BCUT2D eigenvalue weighted by atomic mass is 19.1. The molecule has 2 nitrogen and oxygen atoms in total. The first kappa shape index (κ1) is 11.3. The minimum Gasteiger partial charge on any atom is -0.307 e. The molecule has 1 aromatic carbocycles. The molecule has 0 aliphatic carbocycles. The Bertz CT molecular complexity index is 355. The molecule has 1 saturated heterocycles.